The van der Waals surface area contributed by atoms with E-state index >= 15 is 0 Å². The molecule has 0 spiro atoms. The van der Waals surface area contributed by atoms with E-state index in [4.69, 9.17) is 4.74 Å². The Hall–Kier alpha value is -3.29. The first kappa shape index (κ1) is 21.9. The van der Waals surface area contributed by atoms with E-state index in [-0.39, 0.29) is 17.7 Å². The van der Waals surface area contributed by atoms with Crippen LogP contribution in [0.25, 0.3) is 0 Å². The lowest BCUT2D eigenvalue weighted by Crippen LogP contribution is -2.41. The largest absolute Gasteiger partial charge is 0.457 e. The lowest BCUT2D eigenvalue weighted by atomic mass is 9.97. The second-order valence-corrected chi connectivity index (χ2v) is 8.00. The number of nitrogens with zero attached hydrogens (tertiary/aromatic N) is 2. The zero-order valence-electron chi connectivity index (χ0n) is 17.4. The first-order chi connectivity index (χ1) is 15.3. The first-order valence-corrected chi connectivity index (χ1v) is 10.4. The SMILES string of the molecule is C=CC(=O)N1CC[C@H](C(=O)N2CCc3c(cccc3Oc3ccc(C(F)(F)F)cc3)C2)C1. The Morgan fingerprint density at radius 3 is 2.50 bits per heavy atom. The molecule has 1 saturated heterocycles. The molecule has 0 aliphatic carbocycles. The minimum Gasteiger partial charge on any atom is -0.457 e. The fourth-order valence-corrected chi connectivity index (χ4v) is 4.25. The van der Waals surface area contributed by atoms with E-state index in [2.05, 4.69) is 6.58 Å². The van der Waals surface area contributed by atoms with Crippen LogP contribution in [-0.2, 0) is 28.7 Å². The highest BCUT2D eigenvalue weighted by atomic mass is 19.4. The minimum absolute atomic E-state index is 0.0315. The molecule has 168 valence electrons. The number of ether oxygens (including phenoxy) is 1. The normalized spacial score (nSPS) is 18.3. The highest BCUT2D eigenvalue weighted by molar-refractivity contribution is 5.88. The van der Waals surface area contributed by atoms with Crippen molar-refractivity contribution < 1.29 is 27.5 Å². The maximum absolute atomic E-state index is 13.0. The summed E-state index contributed by atoms with van der Waals surface area (Å²) in [5, 5.41) is 0. The Balaban J connectivity index is 1.44. The summed E-state index contributed by atoms with van der Waals surface area (Å²) in [6, 6.07) is 10.1. The fourth-order valence-electron chi connectivity index (χ4n) is 4.25. The summed E-state index contributed by atoms with van der Waals surface area (Å²) >= 11 is 0. The quantitative estimate of drug-likeness (QED) is 0.657. The van der Waals surface area contributed by atoms with Crippen molar-refractivity contribution in [2.24, 2.45) is 5.92 Å². The molecule has 0 radical (unpaired) electrons. The third-order valence-electron chi connectivity index (χ3n) is 5.97. The Kier molecular flexibility index (Phi) is 5.95. The fraction of sp³-hybridized carbons (Fsp3) is 0.333. The van der Waals surface area contributed by atoms with Crippen LogP contribution in [0.15, 0.2) is 55.1 Å². The molecule has 0 saturated carbocycles. The first-order valence-electron chi connectivity index (χ1n) is 10.4. The zero-order chi connectivity index (χ0) is 22.9. The maximum atomic E-state index is 13.0. The van der Waals surface area contributed by atoms with E-state index in [9.17, 15) is 22.8 Å². The third kappa shape index (κ3) is 4.49. The van der Waals surface area contributed by atoms with Crippen molar-refractivity contribution in [3.8, 4) is 11.5 Å². The molecular weight excluding hydrogens is 421 g/mol. The van der Waals surface area contributed by atoms with Gasteiger partial charge in [-0.15, -0.1) is 0 Å². The van der Waals surface area contributed by atoms with Gasteiger partial charge in [0.05, 0.1) is 11.5 Å². The molecule has 4 rings (SSSR count). The van der Waals surface area contributed by atoms with Gasteiger partial charge >= 0.3 is 6.18 Å². The predicted molar refractivity (Wildman–Crippen MR) is 112 cm³/mol. The van der Waals surface area contributed by atoms with Gasteiger partial charge in [-0.05, 0) is 54.8 Å². The highest BCUT2D eigenvalue weighted by Gasteiger charge is 2.34. The summed E-state index contributed by atoms with van der Waals surface area (Å²) in [6.45, 7) is 5.41. The number of likely N-dealkylation sites (tertiary alicyclic amines) is 1. The van der Waals surface area contributed by atoms with E-state index in [0.717, 1.165) is 23.3 Å². The van der Waals surface area contributed by atoms with Crippen molar-refractivity contribution >= 4 is 11.8 Å². The van der Waals surface area contributed by atoms with Crippen molar-refractivity contribution in [1.82, 2.24) is 9.80 Å². The van der Waals surface area contributed by atoms with Gasteiger partial charge in [0.25, 0.3) is 0 Å². The number of halogens is 3. The molecule has 5 nitrogen and oxygen atoms in total. The molecule has 0 unspecified atom stereocenters. The van der Waals surface area contributed by atoms with Gasteiger partial charge in [0, 0.05) is 31.7 Å². The van der Waals surface area contributed by atoms with Crippen LogP contribution in [0.2, 0.25) is 0 Å². The second kappa shape index (κ2) is 8.68. The van der Waals surface area contributed by atoms with Crippen molar-refractivity contribution in [2.75, 3.05) is 19.6 Å². The van der Waals surface area contributed by atoms with Crippen LogP contribution in [0.3, 0.4) is 0 Å². The van der Waals surface area contributed by atoms with Gasteiger partial charge in [-0.25, -0.2) is 0 Å². The van der Waals surface area contributed by atoms with Crippen LogP contribution < -0.4 is 4.74 Å². The minimum atomic E-state index is -4.39. The zero-order valence-corrected chi connectivity index (χ0v) is 17.4. The van der Waals surface area contributed by atoms with Crippen LogP contribution in [0, 0.1) is 5.92 Å². The van der Waals surface area contributed by atoms with Crippen molar-refractivity contribution in [2.45, 2.75) is 25.6 Å². The summed E-state index contributed by atoms with van der Waals surface area (Å²) < 4.78 is 44.2. The molecule has 2 amide bonds. The molecule has 8 heteroatoms. The number of hydrogen-bond donors (Lipinski definition) is 0. The Morgan fingerprint density at radius 2 is 1.81 bits per heavy atom. The lowest BCUT2D eigenvalue weighted by Gasteiger charge is -2.31. The molecule has 0 N–H and O–H groups in total. The van der Waals surface area contributed by atoms with E-state index in [0.29, 0.717) is 50.5 Å². The van der Waals surface area contributed by atoms with Gasteiger partial charge in [-0.1, -0.05) is 18.7 Å². The molecule has 2 heterocycles. The van der Waals surface area contributed by atoms with Crippen LogP contribution >= 0.6 is 0 Å². The molecular formula is C24H23F3N2O3. The topological polar surface area (TPSA) is 49.9 Å². The molecule has 1 atom stereocenters. The van der Waals surface area contributed by atoms with E-state index < -0.39 is 11.7 Å². The summed E-state index contributed by atoms with van der Waals surface area (Å²) in [5.41, 5.74) is 1.17. The second-order valence-electron chi connectivity index (χ2n) is 8.00. The number of hydrogen-bond acceptors (Lipinski definition) is 3. The van der Waals surface area contributed by atoms with Gasteiger partial charge < -0.3 is 14.5 Å². The molecule has 2 aliphatic rings. The third-order valence-corrected chi connectivity index (χ3v) is 5.97. The summed E-state index contributed by atoms with van der Waals surface area (Å²) in [5.74, 6) is 0.561. The number of benzene rings is 2. The number of alkyl halides is 3. The number of amides is 2. The van der Waals surface area contributed by atoms with Gasteiger partial charge in [0.1, 0.15) is 11.5 Å². The summed E-state index contributed by atoms with van der Waals surface area (Å²) in [6.07, 6.45) is -1.91. The summed E-state index contributed by atoms with van der Waals surface area (Å²) in [4.78, 5) is 28.2. The number of carbonyl (C=O) groups excluding carboxylic acids is 2. The monoisotopic (exact) mass is 444 g/mol. The van der Waals surface area contributed by atoms with E-state index in [1.807, 2.05) is 12.1 Å². The standard InChI is InChI=1S/C24H23F3N2O3/c1-2-22(30)28-12-10-17(15-28)23(31)29-13-11-20-16(14-29)4-3-5-21(20)32-19-8-6-18(7-9-19)24(25,26)27/h2-9,17H,1,10-15H2/t17-/m0/s1. The van der Waals surface area contributed by atoms with Crippen LogP contribution in [0.4, 0.5) is 13.2 Å². The van der Waals surface area contributed by atoms with Crippen molar-refractivity contribution in [1.29, 1.82) is 0 Å². The van der Waals surface area contributed by atoms with Gasteiger partial charge in [-0.3, -0.25) is 9.59 Å². The Labute approximate surface area is 184 Å². The van der Waals surface area contributed by atoms with Gasteiger partial charge in [0.15, 0.2) is 0 Å². The Bertz CT molecular complexity index is 1030. The molecule has 1 fully saturated rings. The highest BCUT2D eigenvalue weighted by Crippen LogP contribution is 2.34. The molecule has 0 aromatic heterocycles. The van der Waals surface area contributed by atoms with Gasteiger partial charge in [0.2, 0.25) is 11.8 Å². The average Bonchev–Trinajstić information content (AvgIpc) is 3.28. The van der Waals surface area contributed by atoms with Crippen LogP contribution in [0.1, 0.15) is 23.1 Å². The molecule has 2 aromatic rings. The number of carbonyl (C=O) groups is 2. The van der Waals surface area contributed by atoms with Gasteiger partial charge in [-0.2, -0.15) is 13.2 Å². The van der Waals surface area contributed by atoms with Crippen LogP contribution in [-0.4, -0.2) is 41.2 Å². The van der Waals surface area contributed by atoms with Crippen LogP contribution in [0.5, 0.6) is 11.5 Å². The molecule has 2 aliphatic heterocycles. The molecule has 32 heavy (non-hydrogen) atoms. The molecule has 0 bridgehead atoms. The maximum Gasteiger partial charge on any atom is 0.416 e. The predicted octanol–water partition coefficient (Wildman–Crippen LogP) is 4.42. The number of fused-ring (bicyclic) bond motifs is 1. The van der Waals surface area contributed by atoms with Crippen molar-refractivity contribution in [3.63, 3.8) is 0 Å². The summed E-state index contributed by atoms with van der Waals surface area (Å²) in [7, 11) is 0. The smallest absolute Gasteiger partial charge is 0.416 e. The van der Waals surface area contributed by atoms with E-state index in [1.54, 1.807) is 15.9 Å². The van der Waals surface area contributed by atoms with E-state index in [1.165, 1.54) is 18.2 Å². The van der Waals surface area contributed by atoms with Crippen molar-refractivity contribution in [3.05, 3.63) is 71.8 Å². The lowest BCUT2D eigenvalue weighted by molar-refractivity contribution is -0.138. The average molecular weight is 444 g/mol. The Morgan fingerprint density at radius 1 is 1.06 bits per heavy atom. The molecule has 2 aromatic carbocycles. The number of rotatable bonds is 4.